The van der Waals surface area contributed by atoms with Crippen LogP contribution in [-0.4, -0.2) is 0 Å². The van der Waals surface area contributed by atoms with Gasteiger partial charge in [0.25, 0.3) is 0 Å². The first-order chi connectivity index (χ1) is 15.1. The van der Waals surface area contributed by atoms with Gasteiger partial charge in [-0.2, -0.15) is 13.2 Å². The fourth-order valence-electron chi connectivity index (χ4n) is 4.16. The zero-order valence-electron chi connectivity index (χ0n) is 18.6. The summed E-state index contributed by atoms with van der Waals surface area (Å²) in [5, 5.41) is 0. The van der Waals surface area contributed by atoms with Gasteiger partial charge in [-0.3, -0.25) is 0 Å². The van der Waals surface area contributed by atoms with E-state index >= 15 is 0 Å². The lowest BCUT2D eigenvalue weighted by Crippen LogP contribution is -2.33. The molecule has 32 heavy (non-hydrogen) atoms. The average Bonchev–Trinajstić information content (AvgIpc) is 2.76. The van der Waals surface area contributed by atoms with Crippen LogP contribution < -0.4 is 4.57 Å². The molecule has 0 bridgehead atoms. The molecule has 0 atom stereocenters. The molecule has 1 nitrogen and oxygen atoms in total. The maximum absolute atomic E-state index is 14.0. The monoisotopic (exact) mass is 432 g/mol. The lowest BCUT2D eigenvalue weighted by Gasteiger charge is -2.15. The summed E-state index contributed by atoms with van der Waals surface area (Å²) >= 11 is 0. The van der Waals surface area contributed by atoms with Gasteiger partial charge in [-0.15, -0.1) is 0 Å². The maximum Gasteiger partial charge on any atom is 0.422 e. The number of hydrogen-bond acceptors (Lipinski definition) is 0. The van der Waals surface area contributed by atoms with E-state index in [0.29, 0.717) is 5.56 Å². The molecule has 0 radical (unpaired) electrons. The number of aryl methyl sites for hydroxylation is 3. The van der Waals surface area contributed by atoms with Crippen molar-refractivity contribution in [1.82, 2.24) is 0 Å². The summed E-state index contributed by atoms with van der Waals surface area (Å²) in [6, 6.07) is 22.9. The Kier molecular flexibility index (Phi) is 5.64. The van der Waals surface area contributed by atoms with E-state index in [9.17, 15) is 13.2 Å². The molecule has 4 aromatic rings. The predicted molar refractivity (Wildman–Crippen MR) is 123 cm³/mol. The van der Waals surface area contributed by atoms with Gasteiger partial charge in [0.1, 0.15) is 12.6 Å². The Morgan fingerprint density at radius 2 is 1.28 bits per heavy atom. The van der Waals surface area contributed by atoms with E-state index in [4.69, 9.17) is 0 Å². The van der Waals surface area contributed by atoms with Crippen LogP contribution in [0.4, 0.5) is 13.2 Å². The number of benzene rings is 3. The zero-order chi connectivity index (χ0) is 23.0. The minimum atomic E-state index is -4.46. The molecule has 0 saturated carbocycles. The van der Waals surface area contributed by atoms with Crippen LogP contribution in [0.5, 0.6) is 0 Å². The van der Waals surface area contributed by atoms with Crippen molar-refractivity contribution < 1.29 is 17.7 Å². The molecule has 0 spiro atoms. The van der Waals surface area contributed by atoms with Crippen LogP contribution in [0.1, 0.15) is 22.3 Å². The van der Waals surface area contributed by atoms with Gasteiger partial charge in [-0.25, -0.2) is 4.57 Å². The van der Waals surface area contributed by atoms with Crippen LogP contribution in [0.15, 0.2) is 79.0 Å². The molecular formula is C28H25F3N+. The summed E-state index contributed by atoms with van der Waals surface area (Å²) < 4.78 is 43.5. The van der Waals surface area contributed by atoms with Crippen molar-refractivity contribution in [3.05, 3.63) is 101 Å². The number of aromatic nitrogens is 1. The Labute approximate surface area is 186 Å². The molecule has 0 saturated heterocycles. The molecule has 0 amide bonds. The van der Waals surface area contributed by atoms with Gasteiger partial charge in [0, 0.05) is 17.2 Å². The molecule has 0 fully saturated rings. The number of alkyl halides is 3. The van der Waals surface area contributed by atoms with Gasteiger partial charge < -0.3 is 0 Å². The highest BCUT2D eigenvalue weighted by molar-refractivity contribution is 5.76. The zero-order valence-corrected chi connectivity index (χ0v) is 18.6. The molecule has 0 unspecified atom stereocenters. The highest BCUT2D eigenvalue weighted by Gasteiger charge is 2.37. The molecule has 4 heteroatoms. The second kappa shape index (κ2) is 8.27. The Morgan fingerprint density at radius 3 is 1.91 bits per heavy atom. The van der Waals surface area contributed by atoms with Crippen LogP contribution in [-0.2, 0) is 13.2 Å². The van der Waals surface area contributed by atoms with E-state index in [-0.39, 0.29) is 5.56 Å². The Morgan fingerprint density at radius 1 is 0.688 bits per heavy atom. The van der Waals surface area contributed by atoms with Crippen molar-refractivity contribution in [3.8, 4) is 33.5 Å². The molecule has 1 aromatic heterocycles. The molecule has 0 N–H and O–H groups in total. The molecule has 0 aliphatic heterocycles. The van der Waals surface area contributed by atoms with Crippen molar-refractivity contribution >= 4 is 0 Å². The molecule has 0 aliphatic carbocycles. The number of pyridine rings is 1. The Hall–Kier alpha value is -3.40. The van der Waals surface area contributed by atoms with E-state index in [1.807, 2.05) is 69.3 Å². The molecule has 162 valence electrons. The first-order valence-electron chi connectivity index (χ1n) is 10.5. The fraction of sp³-hybridized carbons (Fsp3) is 0.179. The lowest BCUT2D eigenvalue weighted by molar-refractivity contribution is -0.661. The van der Waals surface area contributed by atoms with Gasteiger partial charge in [0.2, 0.25) is 5.69 Å². The average molecular weight is 433 g/mol. The smallest absolute Gasteiger partial charge is 0.200 e. The van der Waals surface area contributed by atoms with Gasteiger partial charge in [0.05, 0.1) is 0 Å². The summed E-state index contributed by atoms with van der Waals surface area (Å²) in [5.74, 6) is 0. The maximum atomic E-state index is 14.0. The van der Waals surface area contributed by atoms with E-state index in [1.165, 1.54) is 6.20 Å². The summed E-state index contributed by atoms with van der Waals surface area (Å²) in [4.78, 5) is 0. The van der Waals surface area contributed by atoms with Gasteiger partial charge in [-0.1, -0.05) is 66.2 Å². The van der Waals surface area contributed by atoms with Gasteiger partial charge in [0.15, 0.2) is 6.20 Å². The van der Waals surface area contributed by atoms with Gasteiger partial charge in [-0.05, 0) is 54.7 Å². The number of rotatable bonds is 3. The largest absolute Gasteiger partial charge is 0.422 e. The third-order valence-electron chi connectivity index (χ3n) is 5.97. The second-order valence-corrected chi connectivity index (χ2v) is 8.29. The molecule has 3 aromatic carbocycles. The number of nitrogens with zero attached hydrogens (tertiary/aromatic N) is 1. The standard InChI is InChI=1S/C28H25F3N/c1-18-14-19(2)20(3)24(15-18)27-16-25(26(17-32(27)4)28(29,30)31)23-12-10-22(11-13-23)21-8-6-5-7-9-21/h5-17H,1-4H3/q+1. The van der Waals surface area contributed by atoms with Crippen molar-refractivity contribution in [2.24, 2.45) is 7.05 Å². The third kappa shape index (κ3) is 4.18. The van der Waals surface area contributed by atoms with E-state index in [2.05, 4.69) is 6.07 Å². The number of hydrogen-bond donors (Lipinski definition) is 0. The highest BCUT2D eigenvalue weighted by Crippen LogP contribution is 2.39. The molecular weight excluding hydrogens is 407 g/mol. The summed E-state index contributed by atoms with van der Waals surface area (Å²) in [7, 11) is 1.67. The van der Waals surface area contributed by atoms with Crippen LogP contribution in [0.2, 0.25) is 0 Å². The Bertz CT molecular complexity index is 1270. The SMILES string of the molecule is Cc1cc(C)c(C)c(-c2cc(-c3ccc(-c4ccccc4)cc3)c(C(F)(F)F)c[n+]2C)c1. The van der Waals surface area contributed by atoms with Crippen LogP contribution in [0.25, 0.3) is 33.5 Å². The van der Waals surface area contributed by atoms with Crippen molar-refractivity contribution in [2.75, 3.05) is 0 Å². The minimum Gasteiger partial charge on any atom is -0.200 e. The van der Waals surface area contributed by atoms with Crippen LogP contribution in [0, 0.1) is 20.8 Å². The van der Waals surface area contributed by atoms with E-state index in [1.54, 1.807) is 29.8 Å². The van der Waals surface area contributed by atoms with Crippen molar-refractivity contribution in [2.45, 2.75) is 26.9 Å². The predicted octanol–water partition coefficient (Wildman–Crippen LogP) is 7.46. The molecule has 4 rings (SSSR count). The van der Waals surface area contributed by atoms with Gasteiger partial charge >= 0.3 is 6.18 Å². The Balaban J connectivity index is 1.90. The summed E-state index contributed by atoms with van der Waals surface area (Å²) in [6.45, 7) is 6.04. The van der Waals surface area contributed by atoms with Crippen molar-refractivity contribution in [3.63, 3.8) is 0 Å². The third-order valence-corrected chi connectivity index (χ3v) is 5.97. The first kappa shape index (κ1) is 21.8. The van der Waals surface area contributed by atoms with Crippen molar-refractivity contribution in [1.29, 1.82) is 0 Å². The van der Waals surface area contributed by atoms with Crippen LogP contribution in [0.3, 0.4) is 0 Å². The quantitative estimate of drug-likeness (QED) is 0.296. The normalized spacial score (nSPS) is 11.6. The summed E-state index contributed by atoms with van der Waals surface area (Å²) in [5.41, 5.74) is 7.05. The second-order valence-electron chi connectivity index (χ2n) is 8.29. The van der Waals surface area contributed by atoms with E-state index < -0.39 is 11.7 Å². The minimum absolute atomic E-state index is 0.184. The highest BCUT2D eigenvalue weighted by atomic mass is 19.4. The lowest BCUT2D eigenvalue weighted by atomic mass is 9.93. The van der Waals surface area contributed by atoms with E-state index in [0.717, 1.165) is 39.1 Å². The van der Waals surface area contributed by atoms with Crippen LogP contribution >= 0.6 is 0 Å². The number of halogens is 3. The summed E-state index contributed by atoms with van der Waals surface area (Å²) in [6.07, 6.45) is -3.26. The molecule has 1 heterocycles. The first-order valence-corrected chi connectivity index (χ1v) is 10.5. The fourth-order valence-corrected chi connectivity index (χ4v) is 4.16. The molecule has 0 aliphatic rings. The topological polar surface area (TPSA) is 3.88 Å².